The van der Waals surface area contributed by atoms with E-state index in [1.807, 2.05) is 31.2 Å². The van der Waals surface area contributed by atoms with Gasteiger partial charge in [-0.15, -0.1) is 0 Å². The molecule has 2 N–H and O–H groups in total. The zero-order chi connectivity index (χ0) is 19.9. The van der Waals surface area contributed by atoms with Crippen LogP contribution in [-0.4, -0.2) is 18.4 Å². The number of benzene rings is 3. The molecule has 0 saturated carbocycles. The van der Waals surface area contributed by atoms with E-state index in [9.17, 15) is 14.0 Å². The molecule has 28 heavy (non-hydrogen) atoms. The number of hydrogen-bond donors (Lipinski definition) is 2. The van der Waals surface area contributed by atoms with Crippen molar-refractivity contribution in [2.45, 2.75) is 6.92 Å². The van der Waals surface area contributed by atoms with E-state index >= 15 is 0 Å². The van der Waals surface area contributed by atoms with Crippen LogP contribution in [0.2, 0.25) is 0 Å². The molecule has 0 unspecified atom stereocenters. The van der Waals surface area contributed by atoms with Gasteiger partial charge in [0.25, 0.3) is 5.91 Å². The van der Waals surface area contributed by atoms with Gasteiger partial charge in [-0.1, -0.05) is 23.8 Å². The number of aryl methyl sites for hydroxylation is 1. The Hall–Kier alpha value is -3.67. The minimum Gasteiger partial charge on any atom is -0.457 e. The van der Waals surface area contributed by atoms with Crippen LogP contribution in [0.5, 0.6) is 11.5 Å². The number of anilines is 1. The van der Waals surface area contributed by atoms with Gasteiger partial charge in [0.1, 0.15) is 17.3 Å². The van der Waals surface area contributed by atoms with Crippen molar-refractivity contribution in [1.29, 1.82) is 0 Å². The van der Waals surface area contributed by atoms with Crippen molar-refractivity contribution in [3.05, 3.63) is 89.7 Å². The maximum atomic E-state index is 13.1. The van der Waals surface area contributed by atoms with Gasteiger partial charge in [0.15, 0.2) is 0 Å². The Morgan fingerprint density at radius 1 is 0.929 bits per heavy atom. The molecule has 0 fully saturated rings. The highest BCUT2D eigenvalue weighted by molar-refractivity contribution is 5.99. The van der Waals surface area contributed by atoms with Crippen molar-refractivity contribution < 1.29 is 18.7 Å². The lowest BCUT2D eigenvalue weighted by Gasteiger charge is -2.09. The van der Waals surface area contributed by atoms with Crippen molar-refractivity contribution in [3.63, 3.8) is 0 Å². The third-order valence-corrected chi connectivity index (χ3v) is 3.89. The van der Waals surface area contributed by atoms with Crippen molar-refractivity contribution in [2.24, 2.45) is 0 Å². The molecule has 0 bridgehead atoms. The van der Waals surface area contributed by atoms with Gasteiger partial charge in [0, 0.05) is 11.3 Å². The molecule has 0 saturated heterocycles. The third-order valence-electron chi connectivity index (χ3n) is 3.89. The number of ether oxygens (including phenoxy) is 1. The Morgan fingerprint density at radius 2 is 1.57 bits per heavy atom. The summed E-state index contributed by atoms with van der Waals surface area (Å²) in [6.45, 7) is 1.78. The van der Waals surface area contributed by atoms with E-state index in [-0.39, 0.29) is 12.1 Å². The van der Waals surface area contributed by atoms with E-state index in [0.717, 1.165) is 17.4 Å². The summed E-state index contributed by atoms with van der Waals surface area (Å²) in [5.74, 6) is -0.0535. The lowest BCUT2D eigenvalue weighted by molar-refractivity contribution is -0.115. The van der Waals surface area contributed by atoms with Crippen molar-refractivity contribution in [2.75, 3.05) is 11.9 Å². The monoisotopic (exact) mass is 378 g/mol. The third kappa shape index (κ3) is 5.41. The van der Waals surface area contributed by atoms with E-state index in [1.165, 1.54) is 18.2 Å². The standard InChI is InChI=1S/C22H19FN2O3/c1-15-5-9-19(10-6-15)28-20-11-7-18(8-12-20)25-21(26)14-24-22(27)16-3-2-4-17(23)13-16/h2-13H,14H2,1H3,(H,24,27)(H,25,26). The predicted molar refractivity (Wildman–Crippen MR) is 105 cm³/mol. The Labute approximate surface area is 162 Å². The van der Waals surface area contributed by atoms with E-state index < -0.39 is 17.6 Å². The number of hydrogen-bond acceptors (Lipinski definition) is 3. The summed E-state index contributed by atoms with van der Waals surface area (Å²) in [6, 6.07) is 19.8. The maximum Gasteiger partial charge on any atom is 0.251 e. The average molecular weight is 378 g/mol. The molecule has 0 radical (unpaired) electrons. The molecule has 3 aromatic carbocycles. The fraction of sp³-hybridized carbons (Fsp3) is 0.0909. The topological polar surface area (TPSA) is 67.4 Å². The highest BCUT2D eigenvalue weighted by Gasteiger charge is 2.09. The maximum absolute atomic E-state index is 13.1. The van der Waals surface area contributed by atoms with Gasteiger partial charge >= 0.3 is 0 Å². The first-order chi connectivity index (χ1) is 13.5. The first-order valence-electron chi connectivity index (χ1n) is 8.68. The molecule has 142 valence electrons. The van der Waals surface area contributed by atoms with Crippen LogP contribution in [0.1, 0.15) is 15.9 Å². The van der Waals surface area contributed by atoms with E-state index in [2.05, 4.69) is 10.6 Å². The molecule has 0 heterocycles. The second-order valence-corrected chi connectivity index (χ2v) is 6.18. The zero-order valence-corrected chi connectivity index (χ0v) is 15.2. The summed E-state index contributed by atoms with van der Waals surface area (Å²) >= 11 is 0. The fourth-order valence-corrected chi connectivity index (χ4v) is 2.45. The van der Waals surface area contributed by atoms with E-state index in [4.69, 9.17) is 4.74 Å². The van der Waals surface area contributed by atoms with Gasteiger partial charge in [-0.2, -0.15) is 0 Å². The minimum absolute atomic E-state index is 0.158. The van der Waals surface area contributed by atoms with Crippen LogP contribution in [-0.2, 0) is 4.79 Å². The summed E-state index contributed by atoms with van der Waals surface area (Å²) in [5, 5.41) is 5.13. The average Bonchev–Trinajstić information content (AvgIpc) is 2.69. The van der Waals surface area contributed by atoms with Crippen LogP contribution in [0, 0.1) is 12.7 Å². The highest BCUT2D eigenvalue weighted by Crippen LogP contribution is 2.23. The first-order valence-corrected chi connectivity index (χ1v) is 8.68. The zero-order valence-electron chi connectivity index (χ0n) is 15.2. The fourth-order valence-electron chi connectivity index (χ4n) is 2.45. The molecule has 5 nitrogen and oxygen atoms in total. The number of nitrogens with one attached hydrogen (secondary N) is 2. The Bertz CT molecular complexity index is 970. The van der Waals surface area contributed by atoms with Crippen LogP contribution in [0.4, 0.5) is 10.1 Å². The largest absolute Gasteiger partial charge is 0.457 e. The van der Waals surface area contributed by atoms with Gasteiger partial charge in [-0.05, 0) is 61.5 Å². The van der Waals surface area contributed by atoms with Gasteiger partial charge < -0.3 is 15.4 Å². The normalized spacial score (nSPS) is 10.2. The number of amides is 2. The second-order valence-electron chi connectivity index (χ2n) is 6.18. The second kappa shape index (κ2) is 8.81. The van der Waals surface area contributed by atoms with Crippen LogP contribution in [0.25, 0.3) is 0 Å². The lowest BCUT2D eigenvalue weighted by atomic mass is 10.2. The Balaban J connectivity index is 1.50. The molecule has 0 aliphatic rings. The molecular weight excluding hydrogens is 359 g/mol. The minimum atomic E-state index is -0.517. The SMILES string of the molecule is Cc1ccc(Oc2ccc(NC(=O)CNC(=O)c3cccc(F)c3)cc2)cc1. The van der Waals surface area contributed by atoms with Gasteiger partial charge in [-0.3, -0.25) is 9.59 Å². The molecule has 0 aromatic heterocycles. The summed E-state index contributed by atoms with van der Waals surface area (Å²) in [5.41, 5.74) is 1.88. The number of carbonyl (C=O) groups excluding carboxylic acids is 2. The van der Waals surface area contributed by atoms with Gasteiger partial charge in [0.05, 0.1) is 6.54 Å². The Kier molecular flexibility index (Phi) is 6.01. The number of carbonyl (C=O) groups is 2. The highest BCUT2D eigenvalue weighted by atomic mass is 19.1. The smallest absolute Gasteiger partial charge is 0.251 e. The number of rotatable bonds is 6. The molecule has 3 rings (SSSR count). The Morgan fingerprint density at radius 3 is 2.21 bits per heavy atom. The molecule has 2 amide bonds. The molecule has 0 aliphatic heterocycles. The summed E-state index contributed by atoms with van der Waals surface area (Å²) < 4.78 is 18.9. The molecule has 0 atom stereocenters. The van der Waals surface area contributed by atoms with Crippen molar-refractivity contribution in [1.82, 2.24) is 5.32 Å². The van der Waals surface area contributed by atoms with Gasteiger partial charge in [-0.25, -0.2) is 4.39 Å². The summed E-state index contributed by atoms with van der Waals surface area (Å²) in [7, 11) is 0. The van der Waals surface area contributed by atoms with Crippen molar-refractivity contribution >= 4 is 17.5 Å². The van der Waals surface area contributed by atoms with Gasteiger partial charge in [0.2, 0.25) is 5.91 Å². The summed E-state index contributed by atoms with van der Waals surface area (Å²) in [6.07, 6.45) is 0. The van der Waals surface area contributed by atoms with Crippen LogP contribution >= 0.6 is 0 Å². The molecular formula is C22H19FN2O3. The quantitative estimate of drug-likeness (QED) is 0.672. The molecule has 0 spiro atoms. The van der Waals surface area contributed by atoms with E-state index in [1.54, 1.807) is 24.3 Å². The van der Waals surface area contributed by atoms with Crippen LogP contribution in [0.3, 0.4) is 0 Å². The van der Waals surface area contributed by atoms with Crippen LogP contribution in [0.15, 0.2) is 72.8 Å². The number of halogens is 1. The molecule has 3 aromatic rings. The lowest BCUT2D eigenvalue weighted by Crippen LogP contribution is -2.32. The molecule has 0 aliphatic carbocycles. The van der Waals surface area contributed by atoms with E-state index in [0.29, 0.717) is 11.4 Å². The predicted octanol–water partition coefficient (Wildman–Crippen LogP) is 4.29. The molecule has 6 heteroatoms. The first kappa shape index (κ1) is 19.1. The van der Waals surface area contributed by atoms with Crippen molar-refractivity contribution in [3.8, 4) is 11.5 Å². The summed E-state index contributed by atoms with van der Waals surface area (Å²) in [4.78, 5) is 23.9. The van der Waals surface area contributed by atoms with Crippen LogP contribution < -0.4 is 15.4 Å².